The number of carbonyl (C=O) groups is 1. The van der Waals surface area contributed by atoms with Crippen LogP contribution >= 0.6 is 0 Å². The van der Waals surface area contributed by atoms with Crippen molar-refractivity contribution in [2.24, 2.45) is 0 Å². The van der Waals surface area contributed by atoms with Crippen LogP contribution in [0.2, 0.25) is 0 Å². The Kier molecular flexibility index (Phi) is 4.48. The summed E-state index contributed by atoms with van der Waals surface area (Å²) in [7, 11) is 0. The van der Waals surface area contributed by atoms with Crippen LogP contribution in [0.1, 0.15) is 41.9 Å². The Hall–Kier alpha value is -2.21. The van der Waals surface area contributed by atoms with Gasteiger partial charge in [-0.3, -0.25) is 9.69 Å². The van der Waals surface area contributed by atoms with Crippen molar-refractivity contribution in [3.8, 4) is 0 Å². The van der Waals surface area contributed by atoms with E-state index in [1.165, 1.54) is 11.8 Å². The number of benzene rings is 1. The van der Waals surface area contributed by atoms with Gasteiger partial charge in [-0.2, -0.15) is 15.4 Å². The minimum absolute atomic E-state index is 0.150. The Morgan fingerprint density at radius 3 is 2.68 bits per heavy atom. The molecule has 1 amide bonds. The summed E-state index contributed by atoms with van der Waals surface area (Å²) < 4.78 is 0. The molecule has 3 rings (SSSR count). The SMILES string of the molecule is C[C@H](c1ccccc1)N1CCC(NC(=O)c2cn[nH]n2)CC1. The Balaban J connectivity index is 1.51. The topological polar surface area (TPSA) is 73.9 Å². The average molecular weight is 299 g/mol. The van der Waals surface area contributed by atoms with Crippen LogP contribution in [0.15, 0.2) is 36.5 Å². The van der Waals surface area contributed by atoms with Gasteiger partial charge in [0.05, 0.1) is 6.20 Å². The second-order valence-electron chi connectivity index (χ2n) is 5.73. The molecule has 0 aliphatic carbocycles. The summed E-state index contributed by atoms with van der Waals surface area (Å²) in [6.07, 6.45) is 3.36. The normalized spacial score (nSPS) is 18.0. The number of rotatable bonds is 4. The highest BCUT2D eigenvalue weighted by Crippen LogP contribution is 2.24. The lowest BCUT2D eigenvalue weighted by atomic mass is 10.00. The molecule has 2 N–H and O–H groups in total. The lowest BCUT2D eigenvalue weighted by Gasteiger charge is -2.36. The van der Waals surface area contributed by atoms with Crippen molar-refractivity contribution in [1.29, 1.82) is 0 Å². The van der Waals surface area contributed by atoms with Crippen LogP contribution in [-0.4, -0.2) is 45.3 Å². The number of aromatic nitrogens is 3. The molecule has 1 saturated heterocycles. The third-order valence-corrected chi connectivity index (χ3v) is 4.34. The summed E-state index contributed by atoms with van der Waals surface area (Å²) in [5.41, 5.74) is 1.69. The number of piperidine rings is 1. The standard InChI is InChI=1S/C16H21N5O/c1-12(13-5-3-2-4-6-13)21-9-7-14(8-10-21)18-16(22)15-11-17-20-19-15/h2-6,11-12,14H,7-10H2,1H3,(H,18,22)(H,17,19,20)/t12-/m1/s1. The summed E-state index contributed by atoms with van der Waals surface area (Å²) in [6.45, 7) is 4.21. The molecule has 2 heterocycles. The molecule has 116 valence electrons. The van der Waals surface area contributed by atoms with E-state index >= 15 is 0 Å². The minimum atomic E-state index is -0.150. The molecule has 1 aliphatic rings. The van der Waals surface area contributed by atoms with Crippen molar-refractivity contribution in [2.75, 3.05) is 13.1 Å². The number of H-pyrrole nitrogens is 1. The summed E-state index contributed by atoms with van der Waals surface area (Å²) in [6, 6.07) is 11.2. The highest BCUT2D eigenvalue weighted by molar-refractivity contribution is 5.91. The van der Waals surface area contributed by atoms with Crippen molar-refractivity contribution in [2.45, 2.75) is 31.8 Å². The van der Waals surface area contributed by atoms with Crippen molar-refractivity contribution >= 4 is 5.91 Å². The predicted molar refractivity (Wildman–Crippen MR) is 83.3 cm³/mol. The van der Waals surface area contributed by atoms with Crippen LogP contribution in [-0.2, 0) is 0 Å². The lowest BCUT2D eigenvalue weighted by Crippen LogP contribution is -2.45. The molecule has 1 aromatic heterocycles. The number of nitrogens with one attached hydrogen (secondary N) is 2. The van der Waals surface area contributed by atoms with Crippen LogP contribution in [0.25, 0.3) is 0 Å². The van der Waals surface area contributed by atoms with Crippen molar-refractivity contribution < 1.29 is 4.79 Å². The van der Waals surface area contributed by atoms with E-state index in [2.05, 4.69) is 56.8 Å². The smallest absolute Gasteiger partial charge is 0.273 e. The van der Waals surface area contributed by atoms with Gasteiger partial charge in [0.15, 0.2) is 5.69 Å². The van der Waals surface area contributed by atoms with Crippen LogP contribution in [0.3, 0.4) is 0 Å². The van der Waals surface area contributed by atoms with Gasteiger partial charge in [0, 0.05) is 25.2 Å². The fraction of sp³-hybridized carbons (Fsp3) is 0.438. The first-order valence-corrected chi connectivity index (χ1v) is 7.69. The van der Waals surface area contributed by atoms with Gasteiger partial charge in [0.2, 0.25) is 0 Å². The van der Waals surface area contributed by atoms with E-state index in [1.807, 2.05) is 6.07 Å². The average Bonchev–Trinajstić information content (AvgIpc) is 3.10. The van der Waals surface area contributed by atoms with Crippen LogP contribution in [0, 0.1) is 0 Å². The van der Waals surface area contributed by atoms with Gasteiger partial charge in [-0.05, 0) is 25.3 Å². The molecule has 2 aromatic rings. The zero-order valence-electron chi connectivity index (χ0n) is 12.7. The number of amides is 1. The van der Waals surface area contributed by atoms with E-state index in [1.54, 1.807) is 0 Å². The quantitative estimate of drug-likeness (QED) is 0.902. The molecule has 0 unspecified atom stereocenters. The number of nitrogens with zero attached hydrogens (tertiary/aromatic N) is 3. The lowest BCUT2D eigenvalue weighted by molar-refractivity contribution is 0.0891. The van der Waals surface area contributed by atoms with E-state index in [-0.39, 0.29) is 11.9 Å². The maximum Gasteiger partial charge on any atom is 0.273 e. The first kappa shape index (κ1) is 14.7. The first-order valence-electron chi connectivity index (χ1n) is 7.69. The summed E-state index contributed by atoms with van der Waals surface area (Å²) >= 11 is 0. The second-order valence-corrected chi connectivity index (χ2v) is 5.73. The fourth-order valence-electron chi connectivity index (χ4n) is 2.94. The molecule has 1 aromatic carbocycles. The van der Waals surface area contributed by atoms with Crippen LogP contribution < -0.4 is 5.32 Å². The molecule has 0 spiro atoms. The number of aromatic amines is 1. The van der Waals surface area contributed by atoms with Gasteiger partial charge >= 0.3 is 0 Å². The molecule has 22 heavy (non-hydrogen) atoms. The van der Waals surface area contributed by atoms with E-state index < -0.39 is 0 Å². The number of carbonyl (C=O) groups excluding carboxylic acids is 1. The Labute approximate surface area is 129 Å². The number of hydrogen-bond acceptors (Lipinski definition) is 4. The molecule has 1 atom stereocenters. The van der Waals surface area contributed by atoms with Gasteiger partial charge in [-0.25, -0.2) is 0 Å². The molecular weight excluding hydrogens is 278 g/mol. The van der Waals surface area contributed by atoms with E-state index in [4.69, 9.17) is 0 Å². The maximum atomic E-state index is 12.0. The van der Waals surface area contributed by atoms with E-state index in [9.17, 15) is 4.79 Å². The molecule has 0 saturated carbocycles. The zero-order valence-corrected chi connectivity index (χ0v) is 12.7. The second kappa shape index (κ2) is 6.70. The maximum absolute atomic E-state index is 12.0. The highest BCUT2D eigenvalue weighted by Gasteiger charge is 2.25. The summed E-state index contributed by atoms with van der Waals surface area (Å²) in [5.74, 6) is -0.150. The third kappa shape index (κ3) is 3.33. The molecule has 0 bridgehead atoms. The van der Waals surface area contributed by atoms with Crippen molar-refractivity contribution in [3.63, 3.8) is 0 Å². The highest BCUT2D eigenvalue weighted by atomic mass is 16.2. The molecule has 1 aliphatic heterocycles. The van der Waals surface area contributed by atoms with Gasteiger partial charge in [0.25, 0.3) is 5.91 Å². The summed E-state index contributed by atoms with van der Waals surface area (Å²) in [4.78, 5) is 14.4. The van der Waals surface area contributed by atoms with Gasteiger partial charge < -0.3 is 5.32 Å². The largest absolute Gasteiger partial charge is 0.348 e. The summed E-state index contributed by atoms with van der Waals surface area (Å²) in [5, 5.41) is 13.0. The molecule has 6 nitrogen and oxygen atoms in total. The predicted octanol–water partition coefficient (Wildman–Crippen LogP) is 1.76. The Morgan fingerprint density at radius 2 is 2.05 bits per heavy atom. The van der Waals surface area contributed by atoms with Crippen LogP contribution in [0.4, 0.5) is 0 Å². The number of hydrogen-bond donors (Lipinski definition) is 2. The van der Waals surface area contributed by atoms with Gasteiger partial charge in [0.1, 0.15) is 0 Å². The third-order valence-electron chi connectivity index (χ3n) is 4.34. The molecule has 6 heteroatoms. The van der Waals surface area contributed by atoms with Gasteiger partial charge in [-0.15, -0.1) is 0 Å². The first-order chi connectivity index (χ1) is 10.7. The van der Waals surface area contributed by atoms with Crippen LogP contribution in [0.5, 0.6) is 0 Å². The van der Waals surface area contributed by atoms with Gasteiger partial charge in [-0.1, -0.05) is 30.3 Å². The van der Waals surface area contributed by atoms with E-state index in [0.29, 0.717) is 11.7 Å². The molecule has 0 radical (unpaired) electrons. The Bertz CT molecular complexity index is 590. The van der Waals surface area contributed by atoms with E-state index in [0.717, 1.165) is 25.9 Å². The molecular formula is C16H21N5O. The molecule has 1 fully saturated rings. The minimum Gasteiger partial charge on any atom is -0.348 e. The van der Waals surface area contributed by atoms with Crippen molar-refractivity contribution in [3.05, 3.63) is 47.8 Å². The Morgan fingerprint density at radius 1 is 1.32 bits per heavy atom. The number of likely N-dealkylation sites (tertiary alicyclic amines) is 1. The zero-order chi connectivity index (χ0) is 15.4. The van der Waals surface area contributed by atoms with Crippen molar-refractivity contribution in [1.82, 2.24) is 25.6 Å². The fourth-order valence-corrected chi connectivity index (χ4v) is 2.94. The monoisotopic (exact) mass is 299 g/mol.